The zero-order valence-electron chi connectivity index (χ0n) is 14.1. The summed E-state index contributed by atoms with van der Waals surface area (Å²) in [6.07, 6.45) is 5.40. The number of nitrogens with zero attached hydrogens (tertiary/aromatic N) is 4. The van der Waals surface area contributed by atoms with Gasteiger partial charge in [-0.25, -0.2) is 9.78 Å². The van der Waals surface area contributed by atoms with Crippen LogP contribution < -0.4 is 0 Å². The van der Waals surface area contributed by atoms with Crippen molar-refractivity contribution in [3.05, 3.63) is 60.7 Å². The standard InChI is InChI=1S/C19H18N4O3/c24-17(14-4-3-9-20-12-14)22-10-7-19(8-11-22,18(25)26)23-13-21-15-5-1-2-6-16(15)23/h1-6,9,12-13H,7-8,10-11H2,(H,25,26). The molecule has 1 aliphatic heterocycles. The zero-order valence-corrected chi connectivity index (χ0v) is 14.1. The van der Waals surface area contributed by atoms with Gasteiger partial charge in [-0.1, -0.05) is 12.1 Å². The summed E-state index contributed by atoms with van der Waals surface area (Å²) >= 11 is 0. The lowest BCUT2D eigenvalue weighted by molar-refractivity contribution is -0.149. The van der Waals surface area contributed by atoms with Gasteiger partial charge in [0, 0.05) is 25.5 Å². The average molecular weight is 350 g/mol. The van der Waals surface area contributed by atoms with E-state index < -0.39 is 11.5 Å². The van der Waals surface area contributed by atoms with Gasteiger partial charge in [-0.15, -0.1) is 0 Å². The molecule has 1 aromatic carbocycles. The van der Waals surface area contributed by atoms with E-state index in [-0.39, 0.29) is 5.91 Å². The maximum absolute atomic E-state index is 12.6. The summed E-state index contributed by atoms with van der Waals surface area (Å²) in [5.74, 6) is -1.01. The van der Waals surface area contributed by atoms with Crippen molar-refractivity contribution in [2.75, 3.05) is 13.1 Å². The molecular formula is C19H18N4O3. The molecule has 7 nitrogen and oxygen atoms in total. The molecule has 132 valence electrons. The van der Waals surface area contributed by atoms with Crippen molar-refractivity contribution >= 4 is 22.9 Å². The van der Waals surface area contributed by atoms with Crippen LogP contribution in [0.1, 0.15) is 23.2 Å². The molecular weight excluding hydrogens is 332 g/mol. The number of pyridine rings is 1. The minimum absolute atomic E-state index is 0.118. The van der Waals surface area contributed by atoms with E-state index in [1.165, 1.54) is 6.20 Å². The molecule has 0 saturated carbocycles. The van der Waals surface area contributed by atoms with Gasteiger partial charge in [0.15, 0.2) is 0 Å². The summed E-state index contributed by atoms with van der Waals surface area (Å²) in [6.45, 7) is 0.735. The molecule has 0 atom stereocenters. The molecule has 7 heteroatoms. The van der Waals surface area contributed by atoms with Crippen molar-refractivity contribution in [2.45, 2.75) is 18.4 Å². The number of aliphatic carboxylic acids is 1. The first-order chi connectivity index (χ1) is 12.6. The van der Waals surface area contributed by atoms with Crippen molar-refractivity contribution in [3.63, 3.8) is 0 Å². The summed E-state index contributed by atoms with van der Waals surface area (Å²) < 4.78 is 1.75. The summed E-state index contributed by atoms with van der Waals surface area (Å²) in [7, 11) is 0. The van der Waals surface area contributed by atoms with E-state index in [2.05, 4.69) is 9.97 Å². The Morgan fingerprint density at radius 1 is 1.08 bits per heavy atom. The largest absolute Gasteiger partial charge is 0.479 e. The fourth-order valence-electron chi connectivity index (χ4n) is 3.61. The van der Waals surface area contributed by atoms with E-state index in [0.29, 0.717) is 31.5 Å². The van der Waals surface area contributed by atoms with E-state index >= 15 is 0 Å². The maximum Gasteiger partial charge on any atom is 0.330 e. The minimum Gasteiger partial charge on any atom is -0.479 e. The normalized spacial score (nSPS) is 16.5. The third kappa shape index (κ3) is 2.52. The Morgan fingerprint density at radius 2 is 1.85 bits per heavy atom. The second-order valence-electron chi connectivity index (χ2n) is 6.47. The van der Waals surface area contributed by atoms with E-state index in [9.17, 15) is 14.7 Å². The number of benzene rings is 1. The summed E-state index contributed by atoms with van der Waals surface area (Å²) in [4.78, 5) is 34.8. The number of carboxylic acid groups (broad SMARTS) is 1. The highest BCUT2D eigenvalue weighted by molar-refractivity contribution is 5.94. The van der Waals surface area contributed by atoms with Gasteiger partial charge in [-0.05, 0) is 37.1 Å². The molecule has 1 N–H and O–H groups in total. The number of rotatable bonds is 3. The molecule has 0 spiro atoms. The van der Waals surface area contributed by atoms with Crippen molar-refractivity contribution in [1.82, 2.24) is 19.4 Å². The average Bonchev–Trinajstić information content (AvgIpc) is 3.12. The Kier molecular flexibility index (Phi) is 3.91. The van der Waals surface area contributed by atoms with Crippen molar-refractivity contribution in [1.29, 1.82) is 0 Å². The van der Waals surface area contributed by atoms with Crippen LogP contribution in [0.15, 0.2) is 55.1 Å². The van der Waals surface area contributed by atoms with Crippen LogP contribution in [0.5, 0.6) is 0 Å². The van der Waals surface area contributed by atoms with E-state index in [1.807, 2.05) is 24.3 Å². The van der Waals surface area contributed by atoms with Gasteiger partial charge < -0.3 is 14.6 Å². The molecule has 1 fully saturated rings. The first-order valence-electron chi connectivity index (χ1n) is 8.47. The molecule has 0 unspecified atom stereocenters. The number of amides is 1. The molecule has 3 aromatic rings. The lowest BCUT2D eigenvalue weighted by Gasteiger charge is -2.40. The van der Waals surface area contributed by atoms with Crippen LogP contribution in [0.4, 0.5) is 0 Å². The monoisotopic (exact) mass is 350 g/mol. The van der Waals surface area contributed by atoms with Crippen LogP contribution in [0.2, 0.25) is 0 Å². The van der Waals surface area contributed by atoms with Crippen LogP contribution >= 0.6 is 0 Å². The lowest BCUT2D eigenvalue weighted by Crippen LogP contribution is -2.52. The van der Waals surface area contributed by atoms with Crippen molar-refractivity contribution in [2.24, 2.45) is 0 Å². The van der Waals surface area contributed by atoms with E-state index in [4.69, 9.17) is 0 Å². The van der Waals surface area contributed by atoms with Gasteiger partial charge in [0.05, 0.1) is 22.9 Å². The number of hydrogen-bond acceptors (Lipinski definition) is 4. The van der Waals surface area contributed by atoms with Gasteiger partial charge in [0.2, 0.25) is 0 Å². The molecule has 1 amide bonds. The molecule has 0 radical (unpaired) electrons. The molecule has 26 heavy (non-hydrogen) atoms. The van der Waals surface area contributed by atoms with Crippen LogP contribution in [-0.4, -0.2) is 49.5 Å². The summed E-state index contributed by atoms with van der Waals surface area (Å²) in [6, 6.07) is 10.9. The SMILES string of the molecule is O=C(c1cccnc1)N1CCC(C(=O)O)(n2cnc3ccccc32)CC1. The molecule has 2 aromatic heterocycles. The number of imidazole rings is 1. The zero-order chi connectivity index (χ0) is 18.1. The van der Waals surface area contributed by atoms with Crippen LogP contribution in [-0.2, 0) is 10.3 Å². The Hall–Kier alpha value is -3.22. The maximum atomic E-state index is 12.6. The number of piperidine rings is 1. The van der Waals surface area contributed by atoms with Gasteiger partial charge >= 0.3 is 5.97 Å². The Morgan fingerprint density at radius 3 is 2.54 bits per heavy atom. The fraction of sp³-hybridized carbons (Fsp3) is 0.263. The Labute approximate surface area is 149 Å². The van der Waals surface area contributed by atoms with Crippen LogP contribution in [0.3, 0.4) is 0 Å². The highest BCUT2D eigenvalue weighted by Gasteiger charge is 2.44. The molecule has 1 saturated heterocycles. The third-order valence-corrected chi connectivity index (χ3v) is 5.10. The van der Waals surface area contributed by atoms with Crippen LogP contribution in [0, 0.1) is 0 Å². The number of aromatic nitrogens is 3. The number of likely N-dealkylation sites (tertiary alicyclic amines) is 1. The molecule has 4 rings (SSSR count). The second kappa shape index (κ2) is 6.25. The number of carbonyl (C=O) groups is 2. The highest BCUT2D eigenvalue weighted by Crippen LogP contribution is 2.34. The Balaban J connectivity index is 1.62. The number of carbonyl (C=O) groups excluding carboxylic acids is 1. The predicted octanol–water partition coefficient (Wildman–Crippen LogP) is 2.15. The van der Waals surface area contributed by atoms with E-state index in [0.717, 1.165) is 11.0 Å². The molecule has 1 aliphatic rings. The highest BCUT2D eigenvalue weighted by atomic mass is 16.4. The molecule has 3 heterocycles. The molecule has 0 bridgehead atoms. The van der Waals surface area contributed by atoms with Gasteiger partial charge in [-0.2, -0.15) is 0 Å². The van der Waals surface area contributed by atoms with Crippen molar-refractivity contribution < 1.29 is 14.7 Å². The quantitative estimate of drug-likeness (QED) is 0.782. The number of carboxylic acids is 1. The first-order valence-corrected chi connectivity index (χ1v) is 8.47. The van der Waals surface area contributed by atoms with Gasteiger partial charge in [-0.3, -0.25) is 9.78 Å². The topological polar surface area (TPSA) is 88.3 Å². The minimum atomic E-state index is -1.10. The van der Waals surface area contributed by atoms with Gasteiger partial charge in [0.1, 0.15) is 5.54 Å². The second-order valence-corrected chi connectivity index (χ2v) is 6.47. The van der Waals surface area contributed by atoms with E-state index in [1.54, 1.807) is 34.1 Å². The summed E-state index contributed by atoms with van der Waals surface area (Å²) in [5, 5.41) is 10.00. The summed E-state index contributed by atoms with van der Waals surface area (Å²) in [5.41, 5.74) is 0.981. The van der Waals surface area contributed by atoms with Crippen molar-refractivity contribution in [3.8, 4) is 0 Å². The molecule has 0 aliphatic carbocycles. The van der Waals surface area contributed by atoms with Gasteiger partial charge in [0.25, 0.3) is 5.91 Å². The number of fused-ring (bicyclic) bond motifs is 1. The third-order valence-electron chi connectivity index (χ3n) is 5.10. The lowest BCUT2D eigenvalue weighted by atomic mass is 9.86. The number of para-hydroxylation sites is 2. The van der Waals surface area contributed by atoms with Crippen LogP contribution in [0.25, 0.3) is 11.0 Å². The fourth-order valence-corrected chi connectivity index (χ4v) is 3.61. The first kappa shape index (κ1) is 16.3. The Bertz CT molecular complexity index is 959. The number of hydrogen-bond donors (Lipinski definition) is 1. The smallest absolute Gasteiger partial charge is 0.330 e. The predicted molar refractivity (Wildman–Crippen MR) is 94.7 cm³/mol.